The average molecular weight is 315 g/mol. The van der Waals surface area contributed by atoms with E-state index in [0.29, 0.717) is 0 Å². The van der Waals surface area contributed by atoms with Crippen molar-refractivity contribution in [1.82, 2.24) is 24.6 Å². The van der Waals surface area contributed by atoms with Crippen molar-refractivity contribution in [3.63, 3.8) is 0 Å². The van der Waals surface area contributed by atoms with E-state index in [1.807, 2.05) is 38.9 Å². The van der Waals surface area contributed by atoms with Gasteiger partial charge in [0, 0.05) is 45.2 Å². The summed E-state index contributed by atoms with van der Waals surface area (Å²) in [6.45, 7) is 4.84. The second-order valence-corrected chi connectivity index (χ2v) is 6.71. The Balaban J connectivity index is 1.65. The maximum absolute atomic E-state index is 12.0. The summed E-state index contributed by atoms with van der Waals surface area (Å²) in [4.78, 5) is 20.7. The van der Waals surface area contributed by atoms with E-state index >= 15 is 0 Å². The fourth-order valence-corrected chi connectivity index (χ4v) is 3.40. The van der Waals surface area contributed by atoms with Gasteiger partial charge in [0.2, 0.25) is 5.91 Å². The van der Waals surface area contributed by atoms with Crippen LogP contribution in [0.4, 0.5) is 0 Å². The Hall–Kier alpha value is -1.95. The Kier molecular flexibility index (Phi) is 4.35. The van der Waals surface area contributed by atoms with Crippen molar-refractivity contribution >= 4 is 16.9 Å². The number of rotatable bonds is 3. The van der Waals surface area contributed by atoms with Crippen molar-refractivity contribution in [3.8, 4) is 0 Å². The van der Waals surface area contributed by atoms with Gasteiger partial charge in [-0.3, -0.25) is 14.4 Å². The van der Waals surface area contributed by atoms with Crippen LogP contribution in [0.3, 0.4) is 0 Å². The number of piperidine rings is 1. The summed E-state index contributed by atoms with van der Waals surface area (Å²) in [6.07, 6.45) is 3.83. The normalized spacial score (nSPS) is 16.9. The van der Waals surface area contributed by atoms with Crippen molar-refractivity contribution in [2.75, 3.05) is 27.2 Å². The van der Waals surface area contributed by atoms with Gasteiger partial charge < -0.3 is 4.90 Å². The van der Waals surface area contributed by atoms with Crippen molar-refractivity contribution in [1.29, 1.82) is 0 Å². The third-order valence-electron chi connectivity index (χ3n) is 4.70. The van der Waals surface area contributed by atoms with Gasteiger partial charge in [-0.25, -0.2) is 4.98 Å². The summed E-state index contributed by atoms with van der Waals surface area (Å²) in [6, 6.07) is 2.20. The van der Waals surface area contributed by atoms with Gasteiger partial charge in [-0.15, -0.1) is 0 Å². The lowest BCUT2D eigenvalue weighted by Gasteiger charge is -2.32. The van der Waals surface area contributed by atoms with Gasteiger partial charge in [-0.1, -0.05) is 0 Å². The van der Waals surface area contributed by atoms with E-state index in [9.17, 15) is 4.79 Å². The zero-order chi connectivity index (χ0) is 16.6. The molecule has 6 nitrogen and oxygen atoms in total. The van der Waals surface area contributed by atoms with Gasteiger partial charge >= 0.3 is 0 Å². The second-order valence-electron chi connectivity index (χ2n) is 6.71. The van der Waals surface area contributed by atoms with E-state index in [1.54, 1.807) is 4.90 Å². The van der Waals surface area contributed by atoms with Gasteiger partial charge in [0.1, 0.15) is 0 Å². The molecule has 0 aromatic carbocycles. The lowest BCUT2D eigenvalue weighted by atomic mass is 9.95. The van der Waals surface area contributed by atoms with Crippen molar-refractivity contribution < 1.29 is 4.79 Å². The lowest BCUT2D eigenvalue weighted by molar-refractivity contribution is -0.134. The number of carbonyl (C=O) groups is 1. The summed E-state index contributed by atoms with van der Waals surface area (Å²) >= 11 is 0. The first-order chi connectivity index (χ1) is 11.0. The van der Waals surface area contributed by atoms with E-state index in [2.05, 4.69) is 21.0 Å². The largest absolute Gasteiger partial charge is 0.349 e. The van der Waals surface area contributed by atoms with Crippen molar-refractivity contribution in [2.24, 2.45) is 13.0 Å². The molecule has 1 aliphatic heterocycles. The van der Waals surface area contributed by atoms with E-state index in [4.69, 9.17) is 0 Å². The van der Waals surface area contributed by atoms with Crippen LogP contribution >= 0.6 is 0 Å². The zero-order valence-electron chi connectivity index (χ0n) is 14.4. The van der Waals surface area contributed by atoms with Crippen molar-refractivity contribution in [2.45, 2.75) is 26.3 Å². The molecule has 2 aromatic heterocycles. The molecule has 0 atom stereocenters. The number of amides is 1. The predicted octanol–water partition coefficient (Wildman–Crippen LogP) is 1.58. The molecular formula is C17H25N5O. The highest BCUT2D eigenvalue weighted by Crippen LogP contribution is 2.22. The SMILES string of the molecule is Cc1nn(C)c2ncc(CN3CCC(C(=O)N(C)C)CC3)cc12. The maximum Gasteiger partial charge on any atom is 0.225 e. The number of pyridine rings is 1. The van der Waals surface area contributed by atoms with Gasteiger partial charge in [-0.05, 0) is 44.5 Å². The number of hydrogen-bond donors (Lipinski definition) is 0. The highest BCUT2D eigenvalue weighted by atomic mass is 16.2. The summed E-state index contributed by atoms with van der Waals surface area (Å²) in [5.74, 6) is 0.446. The highest BCUT2D eigenvalue weighted by molar-refractivity contribution is 5.79. The van der Waals surface area contributed by atoms with Gasteiger partial charge in [0.15, 0.2) is 5.65 Å². The van der Waals surface area contributed by atoms with Gasteiger partial charge in [0.05, 0.1) is 5.69 Å². The molecule has 23 heavy (non-hydrogen) atoms. The molecule has 0 radical (unpaired) electrons. The standard InChI is InChI=1S/C17H25N5O/c1-12-15-9-13(10-18-16(15)21(4)19-12)11-22-7-5-14(6-8-22)17(23)20(2)3/h9-10,14H,5-8,11H2,1-4H3. The van der Waals surface area contributed by atoms with Crippen LogP contribution in [0.2, 0.25) is 0 Å². The Morgan fingerprint density at radius 1 is 1.35 bits per heavy atom. The third-order valence-corrected chi connectivity index (χ3v) is 4.70. The number of fused-ring (bicyclic) bond motifs is 1. The molecular weight excluding hydrogens is 290 g/mol. The second kappa shape index (κ2) is 6.28. The quantitative estimate of drug-likeness (QED) is 0.863. The first-order valence-electron chi connectivity index (χ1n) is 8.17. The smallest absolute Gasteiger partial charge is 0.225 e. The topological polar surface area (TPSA) is 54.3 Å². The van der Waals surface area contributed by atoms with E-state index in [0.717, 1.165) is 49.2 Å². The number of carbonyl (C=O) groups excluding carboxylic acids is 1. The molecule has 3 rings (SSSR count). The lowest BCUT2D eigenvalue weighted by Crippen LogP contribution is -2.39. The Morgan fingerprint density at radius 2 is 2.04 bits per heavy atom. The molecule has 6 heteroatoms. The van der Waals surface area contributed by atoms with Crippen LogP contribution in [-0.2, 0) is 18.4 Å². The molecule has 0 saturated carbocycles. The van der Waals surface area contributed by atoms with E-state index < -0.39 is 0 Å². The minimum Gasteiger partial charge on any atom is -0.349 e. The Bertz CT molecular complexity index is 713. The molecule has 1 amide bonds. The van der Waals surface area contributed by atoms with Crippen LogP contribution in [0.25, 0.3) is 11.0 Å². The molecule has 0 aliphatic carbocycles. The number of aromatic nitrogens is 3. The highest BCUT2D eigenvalue weighted by Gasteiger charge is 2.26. The summed E-state index contributed by atoms with van der Waals surface area (Å²) in [5.41, 5.74) is 3.17. The molecule has 0 spiro atoms. The summed E-state index contributed by atoms with van der Waals surface area (Å²) in [5, 5.41) is 5.55. The predicted molar refractivity (Wildman–Crippen MR) is 89.9 cm³/mol. The van der Waals surface area contributed by atoms with Crippen LogP contribution in [0.1, 0.15) is 24.1 Å². The first kappa shape index (κ1) is 15.9. The fraction of sp³-hybridized carbons (Fsp3) is 0.588. The average Bonchev–Trinajstić information content (AvgIpc) is 2.81. The van der Waals surface area contributed by atoms with Crippen LogP contribution in [-0.4, -0.2) is 57.7 Å². The Labute approximate surface area is 137 Å². The van der Waals surface area contributed by atoms with Crippen LogP contribution < -0.4 is 0 Å². The fourth-order valence-electron chi connectivity index (χ4n) is 3.40. The molecule has 0 bridgehead atoms. The monoisotopic (exact) mass is 315 g/mol. The molecule has 124 valence electrons. The molecule has 1 saturated heterocycles. The number of aryl methyl sites for hydroxylation is 2. The number of likely N-dealkylation sites (tertiary alicyclic amines) is 1. The molecule has 3 heterocycles. The Morgan fingerprint density at radius 3 is 2.70 bits per heavy atom. The molecule has 0 N–H and O–H groups in total. The molecule has 0 unspecified atom stereocenters. The van der Waals surface area contributed by atoms with Crippen LogP contribution in [0, 0.1) is 12.8 Å². The minimum absolute atomic E-state index is 0.183. The first-order valence-corrected chi connectivity index (χ1v) is 8.17. The molecule has 1 aliphatic rings. The zero-order valence-corrected chi connectivity index (χ0v) is 14.4. The number of hydrogen-bond acceptors (Lipinski definition) is 4. The third kappa shape index (κ3) is 3.22. The van der Waals surface area contributed by atoms with Crippen LogP contribution in [0.15, 0.2) is 12.3 Å². The summed E-state index contributed by atoms with van der Waals surface area (Å²) < 4.78 is 1.83. The van der Waals surface area contributed by atoms with E-state index in [1.165, 1.54) is 5.56 Å². The molecule has 1 fully saturated rings. The van der Waals surface area contributed by atoms with E-state index in [-0.39, 0.29) is 11.8 Å². The van der Waals surface area contributed by atoms with Gasteiger partial charge in [-0.2, -0.15) is 5.10 Å². The van der Waals surface area contributed by atoms with Crippen molar-refractivity contribution in [3.05, 3.63) is 23.5 Å². The molecule has 2 aromatic rings. The summed E-state index contributed by atoms with van der Waals surface area (Å²) in [7, 11) is 5.60. The maximum atomic E-state index is 12.0. The number of nitrogens with zero attached hydrogens (tertiary/aromatic N) is 5. The minimum atomic E-state index is 0.183. The van der Waals surface area contributed by atoms with Gasteiger partial charge in [0.25, 0.3) is 0 Å². The van der Waals surface area contributed by atoms with Crippen LogP contribution in [0.5, 0.6) is 0 Å².